The number of phenols is 1. The monoisotopic (exact) mass is 252 g/mol. The molecule has 2 rings (SSSR count). The van der Waals surface area contributed by atoms with Crippen LogP contribution < -0.4 is 5.73 Å². The Morgan fingerprint density at radius 3 is 2.83 bits per heavy atom. The lowest BCUT2D eigenvalue weighted by molar-refractivity contribution is -0.121. The number of nitrogens with zero attached hydrogens (tertiary/aromatic N) is 1. The van der Waals surface area contributed by atoms with Crippen molar-refractivity contribution in [1.29, 1.82) is 0 Å². The minimum absolute atomic E-state index is 0.150. The molecule has 1 atom stereocenters. The summed E-state index contributed by atoms with van der Waals surface area (Å²) in [6, 6.07) is 2.44. The van der Waals surface area contributed by atoms with E-state index in [1.54, 1.807) is 0 Å². The first-order chi connectivity index (χ1) is 8.50. The molecular formula is C12H13FN2O3. The maximum absolute atomic E-state index is 13.1. The number of carbonyl (C=O) groups excluding carboxylic acids is 2. The van der Waals surface area contributed by atoms with Gasteiger partial charge in [-0.25, -0.2) is 4.39 Å². The second-order valence-electron chi connectivity index (χ2n) is 4.22. The van der Waals surface area contributed by atoms with Gasteiger partial charge in [0.1, 0.15) is 17.6 Å². The molecule has 1 aliphatic rings. The summed E-state index contributed by atoms with van der Waals surface area (Å²) in [5.41, 5.74) is 5.05. The summed E-state index contributed by atoms with van der Waals surface area (Å²) in [6.45, 7) is 0.377. The van der Waals surface area contributed by atoms with Gasteiger partial charge in [0.25, 0.3) is 5.91 Å². The van der Waals surface area contributed by atoms with Crippen LogP contribution in [0.1, 0.15) is 23.2 Å². The first-order valence-corrected chi connectivity index (χ1v) is 5.59. The molecule has 0 aliphatic carbocycles. The summed E-state index contributed by atoms with van der Waals surface area (Å²) in [5, 5.41) is 9.56. The van der Waals surface area contributed by atoms with Gasteiger partial charge in [0.15, 0.2) is 0 Å². The highest BCUT2D eigenvalue weighted by Gasteiger charge is 2.34. The average Bonchev–Trinajstić information content (AvgIpc) is 2.80. The minimum Gasteiger partial charge on any atom is -0.507 e. The van der Waals surface area contributed by atoms with Crippen molar-refractivity contribution in [2.45, 2.75) is 18.9 Å². The first kappa shape index (κ1) is 12.3. The molecule has 2 amide bonds. The van der Waals surface area contributed by atoms with E-state index in [0.717, 1.165) is 18.2 Å². The highest BCUT2D eigenvalue weighted by molar-refractivity contribution is 5.99. The fraction of sp³-hybridized carbons (Fsp3) is 0.333. The first-order valence-electron chi connectivity index (χ1n) is 5.59. The Hall–Kier alpha value is -2.11. The molecule has 0 radical (unpaired) electrons. The number of rotatable bonds is 2. The van der Waals surface area contributed by atoms with E-state index in [4.69, 9.17) is 5.73 Å². The molecule has 96 valence electrons. The molecule has 1 fully saturated rings. The Morgan fingerprint density at radius 2 is 2.17 bits per heavy atom. The van der Waals surface area contributed by atoms with Gasteiger partial charge in [-0.2, -0.15) is 0 Å². The van der Waals surface area contributed by atoms with Crippen LogP contribution in [-0.4, -0.2) is 34.4 Å². The maximum Gasteiger partial charge on any atom is 0.258 e. The molecule has 3 N–H and O–H groups in total. The van der Waals surface area contributed by atoms with Gasteiger partial charge < -0.3 is 15.7 Å². The maximum atomic E-state index is 13.1. The third kappa shape index (κ3) is 2.13. The molecule has 0 saturated carbocycles. The lowest BCUT2D eigenvalue weighted by atomic mass is 10.1. The third-order valence-electron chi connectivity index (χ3n) is 3.03. The van der Waals surface area contributed by atoms with Crippen LogP contribution in [0.4, 0.5) is 4.39 Å². The topological polar surface area (TPSA) is 83.6 Å². The number of benzene rings is 1. The molecule has 0 spiro atoms. The van der Waals surface area contributed by atoms with Crippen molar-refractivity contribution in [3.05, 3.63) is 29.6 Å². The van der Waals surface area contributed by atoms with Gasteiger partial charge >= 0.3 is 0 Å². The zero-order chi connectivity index (χ0) is 13.3. The van der Waals surface area contributed by atoms with Gasteiger partial charge in [-0.15, -0.1) is 0 Å². The molecule has 1 aliphatic heterocycles. The molecule has 18 heavy (non-hydrogen) atoms. The third-order valence-corrected chi connectivity index (χ3v) is 3.03. The van der Waals surface area contributed by atoms with Crippen molar-refractivity contribution >= 4 is 11.8 Å². The van der Waals surface area contributed by atoms with E-state index >= 15 is 0 Å². The van der Waals surface area contributed by atoms with Crippen LogP contribution in [0.3, 0.4) is 0 Å². The van der Waals surface area contributed by atoms with Crippen LogP contribution in [0.25, 0.3) is 0 Å². The van der Waals surface area contributed by atoms with E-state index in [2.05, 4.69) is 0 Å². The summed E-state index contributed by atoms with van der Waals surface area (Å²) in [7, 11) is 0. The van der Waals surface area contributed by atoms with Crippen LogP contribution >= 0.6 is 0 Å². The van der Waals surface area contributed by atoms with E-state index < -0.39 is 23.7 Å². The molecule has 5 nitrogen and oxygen atoms in total. The van der Waals surface area contributed by atoms with E-state index in [0.29, 0.717) is 19.4 Å². The van der Waals surface area contributed by atoms with Crippen molar-refractivity contribution in [3.8, 4) is 5.75 Å². The predicted octanol–water partition coefficient (Wildman–Crippen LogP) is 0.621. The molecular weight excluding hydrogens is 239 g/mol. The average molecular weight is 252 g/mol. The number of hydrogen-bond acceptors (Lipinski definition) is 3. The lowest BCUT2D eigenvalue weighted by Crippen LogP contribution is -2.43. The SMILES string of the molecule is NC(=O)C1CCCN1C(=O)c1cc(F)ccc1O. The molecule has 1 unspecified atom stereocenters. The van der Waals surface area contributed by atoms with Crippen LogP contribution in [0.5, 0.6) is 5.75 Å². The standard InChI is InChI=1S/C12H13FN2O3/c13-7-3-4-10(16)8(6-7)12(18)15-5-1-2-9(15)11(14)17/h3-4,6,9,16H,1-2,5H2,(H2,14,17). The van der Waals surface area contributed by atoms with Gasteiger partial charge in [-0.3, -0.25) is 9.59 Å². The smallest absolute Gasteiger partial charge is 0.258 e. The summed E-state index contributed by atoms with van der Waals surface area (Å²) in [4.78, 5) is 24.6. The second kappa shape index (κ2) is 4.64. The van der Waals surface area contributed by atoms with Gasteiger partial charge in [0.05, 0.1) is 5.56 Å². The van der Waals surface area contributed by atoms with Crippen LogP contribution in [0.2, 0.25) is 0 Å². The van der Waals surface area contributed by atoms with Gasteiger partial charge in [0.2, 0.25) is 5.91 Å². The highest BCUT2D eigenvalue weighted by atomic mass is 19.1. The van der Waals surface area contributed by atoms with Crippen molar-refractivity contribution < 1.29 is 19.1 Å². The summed E-state index contributed by atoms with van der Waals surface area (Å²) in [5.74, 6) is -2.09. The Morgan fingerprint density at radius 1 is 1.44 bits per heavy atom. The highest BCUT2D eigenvalue weighted by Crippen LogP contribution is 2.24. The van der Waals surface area contributed by atoms with E-state index in [9.17, 15) is 19.1 Å². The number of primary amides is 1. The molecule has 0 aromatic heterocycles. The van der Waals surface area contributed by atoms with Gasteiger partial charge in [0, 0.05) is 6.54 Å². The Balaban J connectivity index is 2.31. The fourth-order valence-corrected chi connectivity index (χ4v) is 2.14. The predicted molar refractivity (Wildman–Crippen MR) is 61.3 cm³/mol. The number of phenolic OH excluding ortho intramolecular Hbond substituents is 1. The summed E-state index contributed by atoms with van der Waals surface area (Å²) < 4.78 is 13.1. The van der Waals surface area contributed by atoms with Gasteiger partial charge in [-0.1, -0.05) is 0 Å². The normalized spacial score (nSPS) is 18.9. The van der Waals surface area contributed by atoms with Crippen molar-refractivity contribution in [3.63, 3.8) is 0 Å². The van der Waals surface area contributed by atoms with Crippen LogP contribution in [0, 0.1) is 5.82 Å². The Labute approximate surface area is 103 Å². The molecule has 1 heterocycles. The summed E-state index contributed by atoms with van der Waals surface area (Å²) in [6.07, 6.45) is 1.16. The zero-order valence-corrected chi connectivity index (χ0v) is 9.60. The van der Waals surface area contributed by atoms with E-state index in [-0.39, 0.29) is 11.3 Å². The Bertz CT molecular complexity index is 504. The van der Waals surface area contributed by atoms with Crippen molar-refractivity contribution in [2.24, 2.45) is 5.73 Å². The fourth-order valence-electron chi connectivity index (χ4n) is 2.14. The van der Waals surface area contributed by atoms with Gasteiger partial charge in [-0.05, 0) is 31.0 Å². The van der Waals surface area contributed by atoms with E-state index in [1.165, 1.54) is 4.90 Å². The van der Waals surface area contributed by atoms with Crippen LogP contribution in [-0.2, 0) is 4.79 Å². The number of nitrogens with two attached hydrogens (primary N) is 1. The van der Waals surface area contributed by atoms with Crippen molar-refractivity contribution in [2.75, 3.05) is 6.54 Å². The number of amides is 2. The molecule has 0 bridgehead atoms. The second-order valence-corrected chi connectivity index (χ2v) is 4.22. The molecule has 1 aromatic rings. The quantitative estimate of drug-likeness (QED) is 0.809. The lowest BCUT2D eigenvalue weighted by Gasteiger charge is -2.22. The summed E-state index contributed by atoms with van der Waals surface area (Å²) >= 11 is 0. The van der Waals surface area contributed by atoms with Crippen molar-refractivity contribution in [1.82, 2.24) is 4.90 Å². The zero-order valence-electron chi connectivity index (χ0n) is 9.60. The van der Waals surface area contributed by atoms with Crippen LogP contribution in [0.15, 0.2) is 18.2 Å². The Kier molecular flexibility index (Phi) is 3.18. The van der Waals surface area contributed by atoms with E-state index in [1.807, 2.05) is 0 Å². The number of carbonyl (C=O) groups is 2. The molecule has 1 aromatic carbocycles. The minimum atomic E-state index is -0.680. The number of halogens is 1. The largest absolute Gasteiger partial charge is 0.507 e. The number of hydrogen-bond donors (Lipinski definition) is 2. The molecule has 1 saturated heterocycles. The number of likely N-dealkylation sites (tertiary alicyclic amines) is 1. The molecule has 6 heteroatoms. The number of aromatic hydroxyl groups is 1.